The molecule has 21 heavy (non-hydrogen) atoms. The average molecular weight is 317 g/mol. The lowest BCUT2D eigenvalue weighted by Gasteiger charge is -2.15. The number of hydrogen-bond donors (Lipinski definition) is 1. The van der Waals surface area contributed by atoms with E-state index in [0.717, 1.165) is 12.1 Å². The van der Waals surface area contributed by atoms with E-state index in [-0.39, 0.29) is 5.02 Å². The van der Waals surface area contributed by atoms with Gasteiger partial charge in [0, 0.05) is 5.56 Å². The van der Waals surface area contributed by atoms with Gasteiger partial charge in [-0.25, -0.2) is 0 Å². The molecule has 0 heterocycles. The summed E-state index contributed by atoms with van der Waals surface area (Å²) in [6.07, 6.45) is -5.51. The predicted molar refractivity (Wildman–Crippen MR) is 73.5 cm³/mol. The van der Waals surface area contributed by atoms with Gasteiger partial charge in [-0.3, -0.25) is 0 Å². The number of alkyl halides is 3. The van der Waals surface area contributed by atoms with Gasteiger partial charge in [-0.1, -0.05) is 29.8 Å². The Morgan fingerprint density at radius 1 is 1.10 bits per heavy atom. The zero-order valence-corrected chi connectivity index (χ0v) is 11.7. The second-order valence-electron chi connectivity index (χ2n) is 4.41. The molecule has 1 atom stereocenters. The molecule has 112 valence electrons. The van der Waals surface area contributed by atoms with E-state index in [1.807, 2.05) is 0 Å². The van der Waals surface area contributed by atoms with Crippen molar-refractivity contribution < 1.29 is 23.0 Å². The van der Waals surface area contributed by atoms with Crippen LogP contribution in [-0.2, 0) is 6.18 Å². The van der Waals surface area contributed by atoms with E-state index in [0.29, 0.717) is 16.9 Å². The quantitative estimate of drug-likeness (QED) is 0.906. The molecule has 0 aliphatic heterocycles. The Labute approximate surface area is 124 Å². The van der Waals surface area contributed by atoms with Gasteiger partial charge in [-0.15, -0.1) is 0 Å². The summed E-state index contributed by atoms with van der Waals surface area (Å²) in [7, 11) is 1.48. The van der Waals surface area contributed by atoms with Crippen molar-refractivity contribution in [2.75, 3.05) is 7.11 Å². The van der Waals surface area contributed by atoms with Crippen molar-refractivity contribution in [2.24, 2.45) is 0 Å². The number of aliphatic hydroxyl groups is 1. The maximum Gasteiger partial charge on any atom is 0.416 e. The summed E-state index contributed by atoms with van der Waals surface area (Å²) in [6.45, 7) is 0. The van der Waals surface area contributed by atoms with Crippen LogP contribution in [0.3, 0.4) is 0 Å². The SMILES string of the molecule is COc1ccc(C(O)c2ccc(C(F)(F)F)cc2)c(Cl)c1. The van der Waals surface area contributed by atoms with Crippen molar-refractivity contribution in [3.8, 4) is 5.75 Å². The van der Waals surface area contributed by atoms with Crippen LogP contribution in [0.1, 0.15) is 22.8 Å². The molecule has 0 radical (unpaired) electrons. The average Bonchev–Trinajstić information content (AvgIpc) is 2.45. The van der Waals surface area contributed by atoms with E-state index in [1.165, 1.54) is 25.3 Å². The first kappa shape index (κ1) is 15.7. The third-order valence-electron chi connectivity index (χ3n) is 3.06. The molecule has 2 rings (SSSR count). The molecule has 0 bridgehead atoms. The topological polar surface area (TPSA) is 29.5 Å². The summed E-state index contributed by atoms with van der Waals surface area (Å²) in [6, 6.07) is 9.04. The van der Waals surface area contributed by atoms with Gasteiger partial charge in [-0.05, 0) is 29.8 Å². The fourth-order valence-electron chi connectivity index (χ4n) is 1.89. The van der Waals surface area contributed by atoms with Crippen LogP contribution < -0.4 is 4.74 Å². The van der Waals surface area contributed by atoms with E-state index in [4.69, 9.17) is 16.3 Å². The monoisotopic (exact) mass is 316 g/mol. The first-order valence-electron chi connectivity index (χ1n) is 6.01. The lowest BCUT2D eigenvalue weighted by atomic mass is 10.00. The first-order chi connectivity index (χ1) is 9.82. The summed E-state index contributed by atoms with van der Waals surface area (Å²) in [5, 5.41) is 10.5. The van der Waals surface area contributed by atoms with Crippen LogP contribution in [0, 0.1) is 0 Å². The first-order valence-corrected chi connectivity index (χ1v) is 6.39. The van der Waals surface area contributed by atoms with Crippen LogP contribution in [0.25, 0.3) is 0 Å². The summed E-state index contributed by atoms with van der Waals surface area (Å²) >= 11 is 6.04. The Morgan fingerprint density at radius 2 is 1.71 bits per heavy atom. The molecule has 1 N–H and O–H groups in total. The molecule has 1 unspecified atom stereocenters. The van der Waals surface area contributed by atoms with Crippen molar-refractivity contribution in [3.63, 3.8) is 0 Å². The van der Waals surface area contributed by atoms with Gasteiger partial charge in [-0.2, -0.15) is 13.2 Å². The van der Waals surface area contributed by atoms with Crippen LogP contribution in [0.15, 0.2) is 42.5 Å². The van der Waals surface area contributed by atoms with Crippen molar-refractivity contribution in [1.82, 2.24) is 0 Å². The Balaban J connectivity index is 2.30. The highest BCUT2D eigenvalue weighted by Crippen LogP contribution is 2.33. The standard InChI is InChI=1S/C15H12ClF3O2/c1-21-11-6-7-12(13(16)8-11)14(20)9-2-4-10(5-3-9)15(17,18)19/h2-8,14,20H,1H3. The molecular weight excluding hydrogens is 305 g/mol. The molecule has 0 spiro atoms. The maximum absolute atomic E-state index is 12.5. The minimum atomic E-state index is -4.40. The molecule has 0 saturated heterocycles. The van der Waals surface area contributed by atoms with E-state index >= 15 is 0 Å². The van der Waals surface area contributed by atoms with Crippen LogP contribution in [-0.4, -0.2) is 12.2 Å². The molecule has 2 aromatic rings. The second-order valence-corrected chi connectivity index (χ2v) is 4.82. The zero-order chi connectivity index (χ0) is 15.6. The molecule has 0 fully saturated rings. The highest BCUT2D eigenvalue weighted by atomic mass is 35.5. The molecule has 0 aromatic heterocycles. The van der Waals surface area contributed by atoms with Gasteiger partial charge in [0.15, 0.2) is 0 Å². The fraction of sp³-hybridized carbons (Fsp3) is 0.200. The number of ether oxygens (including phenoxy) is 1. The van der Waals surface area contributed by atoms with Gasteiger partial charge >= 0.3 is 6.18 Å². The van der Waals surface area contributed by atoms with Crippen molar-refractivity contribution in [2.45, 2.75) is 12.3 Å². The molecule has 0 amide bonds. The highest BCUT2D eigenvalue weighted by molar-refractivity contribution is 6.31. The lowest BCUT2D eigenvalue weighted by molar-refractivity contribution is -0.137. The second kappa shape index (κ2) is 5.95. The molecular formula is C15H12ClF3O2. The minimum Gasteiger partial charge on any atom is -0.497 e. The van der Waals surface area contributed by atoms with Crippen LogP contribution >= 0.6 is 11.6 Å². The van der Waals surface area contributed by atoms with Crippen molar-refractivity contribution >= 4 is 11.6 Å². The predicted octanol–water partition coefficient (Wildman–Crippen LogP) is 4.45. The van der Waals surface area contributed by atoms with E-state index < -0.39 is 17.8 Å². The Bertz CT molecular complexity index is 624. The number of benzene rings is 2. The molecule has 2 nitrogen and oxygen atoms in total. The number of hydrogen-bond acceptors (Lipinski definition) is 2. The van der Waals surface area contributed by atoms with Crippen LogP contribution in [0.2, 0.25) is 5.02 Å². The van der Waals surface area contributed by atoms with Gasteiger partial charge < -0.3 is 9.84 Å². The lowest BCUT2D eigenvalue weighted by Crippen LogP contribution is -2.06. The Hall–Kier alpha value is -1.72. The van der Waals surface area contributed by atoms with E-state index in [1.54, 1.807) is 12.1 Å². The van der Waals surface area contributed by atoms with Crippen LogP contribution in [0.4, 0.5) is 13.2 Å². The number of methoxy groups -OCH3 is 1. The summed E-state index contributed by atoms with van der Waals surface area (Å²) < 4.78 is 42.5. The van der Waals surface area contributed by atoms with E-state index in [2.05, 4.69) is 0 Å². The highest BCUT2D eigenvalue weighted by Gasteiger charge is 2.30. The largest absolute Gasteiger partial charge is 0.497 e. The van der Waals surface area contributed by atoms with Gasteiger partial charge in [0.05, 0.1) is 17.7 Å². The molecule has 6 heteroatoms. The Morgan fingerprint density at radius 3 is 2.19 bits per heavy atom. The van der Waals surface area contributed by atoms with E-state index in [9.17, 15) is 18.3 Å². The molecule has 2 aromatic carbocycles. The fourth-order valence-corrected chi connectivity index (χ4v) is 2.16. The number of aliphatic hydroxyl groups excluding tert-OH is 1. The third-order valence-corrected chi connectivity index (χ3v) is 3.38. The number of halogens is 4. The third kappa shape index (κ3) is 3.49. The maximum atomic E-state index is 12.5. The molecule has 0 aliphatic rings. The normalized spacial score (nSPS) is 13.0. The molecule has 0 saturated carbocycles. The van der Waals surface area contributed by atoms with Crippen LogP contribution in [0.5, 0.6) is 5.75 Å². The molecule has 0 aliphatic carbocycles. The van der Waals surface area contributed by atoms with Crippen molar-refractivity contribution in [3.05, 3.63) is 64.2 Å². The van der Waals surface area contributed by atoms with Gasteiger partial charge in [0.1, 0.15) is 11.9 Å². The van der Waals surface area contributed by atoms with Crippen molar-refractivity contribution in [1.29, 1.82) is 0 Å². The smallest absolute Gasteiger partial charge is 0.416 e. The zero-order valence-electron chi connectivity index (χ0n) is 11.0. The summed E-state index contributed by atoms with van der Waals surface area (Å²) in [4.78, 5) is 0. The van der Waals surface area contributed by atoms with Gasteiger partial charge in [0.25, 0.3) is 0 Å². The minimum absolute atomic E-state index is 0.279. The summed E-state index contributed by atoms with van der Waals surface area (Å²) in [5.74, 6) is 0.531. The number of rotatable bonds is 3. The van der Waals surface area contributed by atoms with Gasteiger partial charge in [0.2, 0.25) is 0 Å². The summed E-state index contributed by atoms with van der Waals surface area (Å²) in [5.41, 5.74) is -0.0356. The Kier molecular flexibility index (Phi) is 4.44.